The second-order valence-corrected chi connectivity index (χ2v) is 6.38. The van der Waals surface area contributed by atoms with E-state index in [2.05, 4.69) is 18.6 Å². The predicted octanol–water partition coefficient (Wildman–Crippen LogP) is 5.29. The summed E-state index contributed by atoms with van der Waals surface area (Å²) in [7, 11) is 0. The first kappa shape index (κ1) is 19.9. The van der Waals surface area contributed by atoms with E-state index in [4.69, 9.17) is 0 Å². The van der Waals surface area contributed by atoms with Crippen LogP contribution in [0.25, 0.3) is 0 Å². The molecule has 2 rings (SSSR count). The smallest absolute Gasteiger partial charge is 0.318 e. The standard InChI is InChI=1S/C19H17F5O2/c1-9(2)8-11-4-6-12(7-5-11)10(3)19(25)26-18-16(23)14(21)13(20)15(22)17(18)24/h4-7,9-10H,8H2,1-3H3/t10-/m0/s1. The lowest BCUT2D eigenvalue weighted by molar-refractivity contribution is -0.136. The molecule has 0 aliphatic rings. The summed E-state index contributed by atoms with van der Waals surface area (Å²) in [6, 6.07) is 6.92. The second-order valence-electron chi connectivity index (χ2n) is 6.38. The van der Waals surface area contributed by atoms with Crippen molar-refractivity contribution in [2.24, 2.45) is 5.92 Å². The van der Waals surface area contributed by atoms with Gasteiger partial charge in [-0.3, -0.25) is 4.79 Å². The molecule has 0 radical (unpaired) electrons. The molecule has 0 saturated heterocycles. The van der Waals surface area contributed by atoms with Crippen molar-refractivity contribution >= 4 is 5.97 Å². The van der Waals surface area contributed by atoms with Gasteiger partial charge in [0, 0.05) is 0 Å². The average Bonchev–Trinajstić information content (AvgIpc) is 2.61. The fraction of sp³-hybridized carbons (Fsp3) is 0.316. The number of rotatable bonds is 5. The lowest BCUT2D eigenvalue weighted by atomic mass is 9.97. The molecule has 0 amide bonds. The summed E-state index contributed by atoms with van der Waals surface area (Å²) in [5, 5.41) is 0. The van der Waals surface area contributed by atoms with E-state index in [1.165, 1.54) is 6.92 Å². The lowest BCUT2D eigenvalue weighted by Gasteiger charge is -2.14. The molecule has 0 unspecified atom stereocenters. The number of carbonyl (C=O) groups excluding carboxylic acids is 1. The Bertz CT molecular complexity index is 787. The van der Waals surface area contributed by atoms with Gasteiger partial charge in [0.05, 0.1) is 5.92 Å². The quantitative estimate of drug-likeness (QED) is 0.234. The molecule has 2 aromatic rings. The number of hydrogen-bond donors (Lipinski definition) is 0. The minimum Gasteiger partial charge on any atom is -0.420 e. The molecule has 2 nitrogen and oxygen atoms in total. The highest BCUT2D eigenvalue weighted by Crippen LogP contribution is 2.30. The van der Waals surface area contributed by atoms with E-state index in [-0.39, 0.29) is 0 Å². The number of benzene rings is 2. The third-order valence-electron chi connectivity index (χ3n) is 3.85. The van der Waals surface area contributed by atoms with Crippen LogP contribution in [-0.4, -0.2) is 5.97 Å². The maximum absolute atomic E-state index is 13.6. The molecular weight excluding hydrogens is 355 g/mol. The minimum atomic E-state index is -2.31. The van der Waals surface area contributed by atoms with Crippen LogP contribution < -0.4 is 4.74 Å². The molecule has 26 heavy (non-hydrogen) atoms. The molecule has 0 fully saturated rings. The molecule has 1 atom stereocenters. The molecule has 0 aliphatic heterocycles. The Kier molecular flexibility index (Phi) is 6.00. The molecule has 140 valence electrons. The first-order valence-electron chi connectivity index (χ1n) is 7.95. The largest absolute Gasteiger partial charge is 0.420 e. The van der Waals surface area contributed by atoms with Gasteiger partial charge in [-0.1, -0.05) is 38.1 Å². The number of carbonyl (C=O) groups is 1. The van der Waals surface area contributed by atoms with Crippen LogP contribution in [0.1, 0.15) is 37.8 Å². The highest BCUT2D eigenvalue weighted by Gasteiger charge is 2.30. The molecule has 7 heteroatoms. The molecule has 0 N–H and O–H groups in total. The van der Waals surface area contributed by atoms with E-state index in [1.807, 2.05) is 0 Å². The predicted molar refractivity (Wildman–Crippen MR) is 85.3 cm³/mol. The van der Waals surface area contributed by atoms with Crippen molar-refractivity contribution in [3.8, 4) is 5.75 Å². The van der Waals surface area contributed by atoms with Crippen molar-refractivity contribution in [1.29, 1.82) is 0 Å². The van der Waals surface area contributed by atoms with Crippen LogP contribution in [0, 0.1) is 35.0 Å². The average molecular weight is 372 g/mol. The zero-order chi connectivity index (χ0) is 19.6. The Morgan fingerprint density at radius 2 is 1.31 bits per heavy atom. The van der Waals surface area contributed by atoms with Gasteiger partial charge in [-0.15, -0.1) is 0 Å². The van der Waals surface area contributed by atoms with E-state index in [9.17, 15) is 26.7 Å². The maximum Gasteiger partial charge on any atom is 0.318 e. The first-order chi connectivity index (χ1) is 12.1. The molecular formula is C19H17F5O2. The fourth-order valence-corrected chi connectivity index (χ4v) is 2.41. The monoisotopic (exact) mass is 372 g/mol. The Hall–Kier alpha value is -2.44. The molecule has 0 aliphatic carbocycles. The van der Waals surface area contributed by atoms with Crippen LogP contribution in [-0.2, 0) is 11.2 Å². The van der Waals surface area contributed by atoms with Crippen molar-refractivity contribution < 1.29 is 31.5 Å². The van der Waals surface area contributed by atoms with E-state index in [0.717, 1.165) is 12.0 Å². The van der Waals surface area contributed by atoms with Crippen molar-refractivity contribution in [1.82, 2.24) is 0 Å². The van der Waals surface area contributed by atoms with Gasteiger partial charge >= 0.3 is 5.97 Å². The highest BCUT2D eigenvalue weighted by atomic mass is 19.2. The molecule has 0 heterocycles. The van der Waals surface area contributed by atoms with E-state index < -0.39 is 46.7 Å². The first-order valence-corrected chi connectivity index (χ1v) is 7.95. The Morgan fingerprint density at radius 3 is 1.77 bits per heavy atom. The fourth-order valence-electron chi connectivity index (χ4n) is 2.41. The van der Waals surface area contributed by atoms with Crippen LogP contribution >= 0.6 is 0 Å². The molecule has 2 aromatic carbocycles. The van der Waals surface area contributed by atoms with Gasteiger partial charge in [-0.2, -0.15) is 8.78 Å². The van der Waals surface area contributed by atoms with Crippen LogP contribution in [0.2, 0.25) is 0 Å². The number of ether oxygens (including phenoxy) is 1. The van der Waals surface area contributed by atoms with Crippen LogP contribution in [0.15, 0.2) is 24.3 Å². The maximum atomic E-state index is 13.6. The third kappa shape index (κ3) is 4.03. The molecule has 0 saturated carbocycles. The normalized spacial score (nSPS) is 12.3. The van der Waals surface area contributed by atoms with Gasteiger partial charge in [0.1, 0.15) is 0 Å². The van der Waals surface area contributed by atoms with Crippen LogP contribution in [0.5, 0.6) is 5.75 Å². The van der Waals surface area contributed by atoms with Crippen molar-refractivity contribution in [2.45, 2.75) is 33.1 Å². The van der Waals surface area contributed by atoms with Gasteiger partial charge in [-0.25, -0.2) is 13.2 Å². The highest BCUT2D eigenvalue weighted by molar-refractivity contribution is 5.80. The van der Waals surface area contributed by atoms with E-state index in [1.54, 1.807) is 24.3 Å². The second kappa shape index (κ2) is 7.85. The summed E-state index contributed by atoms with van der Waals surface area (Å²) < 4.78 is 71.0. The number of halogens is 5. The van der Waals surface area contributed by atoms with Crippen LogP contribution in [0.4, 0.5) is 22.0 Å². The van der Waals surface area contributed by atoms with Gasteiger partial charge in [0.25, 0.3) is 0 Å². The Morgan fingerprint density at radius 1 is 0.846 bits per heavy atom. The summed E-state index contributed by atoms with van der Waals surface area (Å²) in [5.41, 5.74) is 1.54. The van der Waals surface area contributed by atoms with E-state index in [0.29, 0.717) is 11.5 Å². The number of hydrogen-bond acceptors (Lipinski definition) is 2. The SMILES string of the molecule is CC(C)Cc1ccc([C@H](C)C(=O)Oc2c(F)c(F)c(F)c(F)c2F)cc1. The van der Waals surface area contributed by atoms with E-state index >= 15 is 0 Å². The summed E-state index contributed by atoms with van der Waals surface area (Å²) in [4.78, 5) is 12.1. The zero-order valence-electron chi connectivity index (χ0n) is 14.4. The summed E-state index contributed by atoms with van der Waals surface area (Å²) in [5.74, 6) is -14.3. The molecule has 0 aromatic heterocycles. The molecule has 0 spiro atoms. The van der Waals surface area contributed by atoms with Gasteiger partial charge < -0.3 is 4.74 Å². The van der Waals surface area contributed by atoms with Crippen molar-refractivity contribution in [3.63, 3.8) is 0 Å². The minimum absolute atomic E-state index is 0.442. The Labute approximate surface area is 147 Å². The summed E-state index contributed by atoms with van der Waals surface area (Å²) in [6.07, 6.45) is 0.837. The van der Waals surface area contributed by atoms with Gasteiger partial charge in [-0.05, 0) is 30.4 Å². The zero-order valence-corrected chi connectivity index (χ0v) is 14.4. The van der Waals surface area contributed by atoms with Crippen molar-refractivity contribution in [2.75, 3.05) is 0 Å². The topological polar surface area (TPSA) is 26.3 Å². The Balaban J connectivity index is 2.22. The lowest BCUT2D eigenvalue weighted by Crippen LogP contribution is -2.19. The van der Waals surface area contributed by atoms with Crippen LogP contribution in [0.3, 0.4) is 0 Å². The van der Waals surface area contributed by atoms with Crippen molar-refractivity contribution in [3.05, 3.63) is 64.5 Å². The third-order valence-corrected chi connectivity index (χ3v) is 3.85. The number of esters is 1. The summed E-state index contributed by atoms with van der Waals surface area (Å²) >= 11 is 0. The summed E-state index contributed by atoms with van der Waals surface area (Å²) in [6.45, 7) is 5.52. The van der Waals surface area contributed by atoms with Gasteiger partial charge in [0.15, 0.2) is 0 Å². The van der Waals surface area contributed by atoms with Gasteiger partial charge in [0.2, 0.25) is 34.8 Å². The molecule has 0 bridgehead atoms.